The van der Waals surface area contributed by atoms with Crippen molar-refractivity contribution >= 4 is 0 Å². The fourth-order valence-corrected chi connectivity index (χ4v) is 0.985. The Morgan fingerprint density at radius 3 is 2.70 bits per heavy atom. The van der Waals surface area contributed by atoms with E-state index in [0.717, 1.165) is 12.8 Å². The lowest BCUT2D eigenvalue weighted by Gasteiger charge is -1.94. The molecule has 0 N–H and O–H groups in total. The standard InChI is InChI=1S/C10H10/c1-2-3-4-7-10-8-5-6-9-10/h5-7,10H,1,8-9H2. The first-order valence-electron chi connectivity index (χ1n) is 3.44. The minimum Gasteiger partial charge on any atom is -0.0879 e. The van der Waals surface area contributed by atoms with Crippen LogP contribution in [0.4, 0.5) is 0 Å². The maximum atomic E-state index is 3.39. The summed E-state index contributed by atoms with van der Waals surface area (Å²) >= 11 is 0. The maximum Gasteiger partial charge on any atom is -0.00817 e. The van der Waals surface area contributed by atoms with E-state index in [0.29, 0.717) is 5.92 Å². The highest BCUT2D eigenvalue weighted by Gasteiger charge is 2.04. The van der Waals surface area contributed by atoms with Gasteiger partial charge in [0.05, 0.1) is 0 Å². The molecule has 0 aromatic heterocycles. The second-order valence-corrected chi connectivity index (χ2v) is 2.32. The molecule has 1 aliphatic carbocycles. The summed E-state index contributed by atoms with van der Waals surface area (Å²) in [6, 6.07) is 0. The number of allylic oxidation sites excluding steroid dienone is 3. The molecule has 10 heavy (non-hydrogen) atoms. The van der Waals surface area contributed by atoms with Crippen LogP contribution in [0.5, 0.6) is 0 Å². The minimum atomic E-state index is 0.640. The first-order chi connectivity index (χ1) is 4.93. The lowest BCUT2D eigenvalue weighted by atomic mass is 10.1. The quantitative estimate of drug-likeness (QED) is 0.378. The second-order valence-electron chi connectivity index (χ2n) is 2.32. The lowest BCUT2D eigenvalue weighted by Crippen LogP contribution is -1.83. The molecule has 0 aromatic carbocycles. The van der Waals surface area contributed by atoms with Gasteiger partial charge in [0.15, 0.2) is 0 Å². The van der Waals surface area contributed by atoms with E-state index in [1.165, 1.54) is 0 Å². The molecule has 0 bridgehead atoms. The second kappa shape index (κ2) is 3.77. The molecule has 0 unspecified atom stereocenters. The molecule has 0 heteroatoms. The van der Waals surface area contributed by atoms with Crippen LogP contribution in [0.3, 0.4) is 0 Å². The smallest absolute Gasteiger partial charge is 0.00817 e. The van der Waals surface area contributed by atoms with Crippen molar-refractivity contribution in [1.29, 1.82) is 0 Å². The van der Waals surface area contributed by atoms with Gasteiger partial charge in [-0.2, -0.15) is 0 Å². The molecule has 0 amide bonds. The summed E-state index contributed by atoms with van der Waals surface area (Å²) in [5, 5.41) is 0. The third-order valence-corrected chi connectivity index (χ3v) is 1.52. The molecule has 1 rings (SSSR count). The summed E-state index contributed by atoms with van der Waals surface area (Å²) in [6.07, 6.45) is 8.71. The molecule has 0 fully saturated rings. The fourth-order valence-electron chi connectivity index (χ4n) is 0.985. The van der Waals surface area contributed by atoms with Gasteiger partial charge < -0.3 is 0 Å². The SMILES string of the molecule is C=C=C=C=CC1CC=CC1. The molecule has 0 aliphatic heterocycles. The zero-order chi connectivity index (χ0) is 7.23. The normalized spacial score (nSPS) is 15.6. The highest BCUT2D eigenvalue weighted by Crippen LogP contribution is 2.17. The Bertz CT molecular complexity index is 231. The predicted molar refractivity (Wildman–Crippen MR) is 42.6 cm³/mol. The summed E-state index contributed by atoms with van der Waals surface area (Å²) < 4.78 is 0. The van der Waals surface area contributed by atoms with Crippen molar-refractivity contribution < 1.29 is 0 Å². The van der Waals surface area contributed by atoms with E-state index in [4.69, 9.17) is 0 Å². The first-order valence-corrected chi connectivity index (χ1v) is 3.44. The molecular formula is C10H10. The number of hydrogen-bond donors (Lipinski definition) is 0. The van der Waals surface area contributed by atoms with Crippen LogP contribution in [0.15, 0.2) is 42.0 Å². The highest BCUT2D eigenvalue weighted by atomic mass is 14.1. The molecule has 0 heterocycles. The van der Waals surface area contributed by atoms with Crippen molar-refractivity contribution in [1.82, 2.24) is 0 Å². The van der Waals surface area contributed by atoms with Crippen molar-refractivity contribution in [3.05, 3.63) is 42.0 Å². The van der Waals surface area contributed by atoms with Crippen molar-refractivity contribution in [2.45, 2.75) is 12.8 Å². The predicted octanol–water partition coefficient (Wildman–Crippen LogP) is 2.60. The Balaban J connectivity index is 2.54. The molecule has 0 atom stereocenters. The van der Waals surface area contributed by atoms with Gasteiger partial charge in [-0.05, 0) is 37.1 Å². The number of rotatable bonds is 1. The topological polar surface area (TPSA) is 0 Å². The summed E-state index contributed by atoms with van der Waals surface area (Å²) in [5.74, 6) is 0.640. The number of hydrogen-bond acceptors (Lipinski definition) is 0. The Morgan fingerprint density at radius 1 is 1.40 bits per heavy atom. The van der Waals surface area contributed by atoms with Crippen molar-refractivity contribution in [3.8, 4) is 0 Å². The molecule has 1 aliphatic rings. The molecule has 0 saturated carbocycles. The van der Waals surface area contributed by atoms with Gasteiger partial charge in [0, 0.05) is 0 Å². The van der Waals surface area contributed by atoms with E-state index in [9.17, 15) is 0 Å². The highest BCUT2D eigenvalue weighted by molar-refractivity contribution is 5.02. The van der Waals surface area contributed by atoms with E-state index < -0.39 is 0 Å². The summed E-state index contributed by atoms with van der Waals surface area (Å²) in [4.78, 5) is 0. The summed E-state index contributed by atoms with van der Waals surface area (Å²) in [6.45, 7) is 3.39. The van der Waals surface area contributed by atoms with Gasteiger partial charge in [-0.15, -0.1) is 0 Å². The van der Waals surface area contributed by atoms with E-state index in [1.54, 1.807) is 0 Å². The van der Waals surface area contributed by atoms with Gasteiger partial charge in [-0.3, -0.25) is 0 Å². The van der Waals surface area contributed by atoms with Gasteiger partial charge >= 0.3 is 0 Å². The average molecular weight is 130 g/mol. The van der Waals surface area contributed by atoms with Gasteiger partial charge in [0.25, 0.3) is 0 Å². The van der Waals surface area contributed by atoms with E-state index >= 15 is 0 Å². The lowest BCUT2D eigenvalue weighted by molar-refractivity contribution is 0.717. The third-order valence-electron chi connectivity index (χ3n) is 1.52. The Labute approximate surface area is 61.6 Å². The molecule has 0 saturated heterocycles. The Kier molecular flexibility index (Phi) is 2.62. The van der Waals surface area contributed by atoms with Crippen LogP contribution in [-0.4, -0.2) is 0 Å². The van der Waals surface area contributed by atoms with Crippen molar-refractivity contribution in [3.63, 3.8) is 0 Å². The van der Waals surface area contributed by atoms with Gasteiger partial charge in [-0.1, -0.05) is 23.6 Å². The molecule has 0 spiro atoms. The zero-order valence-corrected chi connectivity index (χ0v) is 5.93. The third kappa shape index (κ3) is 1.97. The monoisotopic (exact) mass is 130 g/mol. The van der Waals surface area contributed by atoms with Crippen LogP contribution in [0, 0.1) is 5.92 Å². The van der Waals surface area contributed by atoms with E-state index in [2.05, 4.69) is 35.9 Å². The largest absolute Gasteiger partial charge is 0.0879 e. The maximum absolute atomic E-state index is 3.39. The van der Waals surface area contributed by atoms with E-state index in [-0.39, 0.29) is 0 Å². The van der Waals surface area contributed by atoms with Gasteiger partial charge in [0.1, 0.15) is 0 Å². The molecule has 0 nitrogen and oxygen atoms in total. The fraction of sp³-hybridized carbons (Fsp3) is 0.300. The van der Waals surface area contributed by atoms with Crippen LogP contribution < -0.4 is 0 Å². The van der Waals surface area contributed by atoms with Crippen molar-refractivity contribution in [2.75, 3.05) is 0 Å². The molecular weight excluding hydrogens is 120 g/mol. The van der Waals surface area contributed by atoms with Crippen LogP contribution in [0.2, 0.25) is 0 Å². The van der Waals surface area contributed by atoms with Gasteiger partial charge in [0.2, 0.25) is 0 Å². The molecule has 50 valence electrons. The van der Waals surface area contributed by atoms with Gasteiger partial charge in [-0.25, -0.2) is 0 Å². The minimum absolute atomic E-state index is 0.640. The summed E-state index contributed by atoms with van der Waals surface area (Å²) in [7, 11) is 0. The summed E-state index contributed by atoms with van der Waals surface area (Å²) in [5.41, 5.74) is 8.10. The van der Waals surface area contributed by atoms with Crippen LogP contribution in [0.25, 0.3) is 0 Å². The Morgan fingerprint density at radius 2 is 2.10 bits per heavy atom. The average Bonchev–Trinajstić information content (AvgIpc) is 2.41. The Hall–Kier alpha value is -1.18. The van der Waals surface area contributed by atoms with Crippen LogP contribution in [-0.2, 0) is 0 Å². The van der Waals surface area contributed by atoms with Crippen molar-refractivity contribution in [2.24, 2.45) is 5.92 Å². The van der Waals surface area contributed by atoms with Crippen LogP contribution in [0.1, 0.15) is 12.8 Å². The molecule has 0 aromatic rings. The zero-order valence-electron chi connectivity index (χ0n) is 5.93. The first kappa shape index (κ1) is 6.93. The molecule has 0 radical (unpaired) electrons. The van der Waals surface area contributed by atoms with E-state index in [1.807, 2.05) is 6.08 Å². The van der Waals surface area contributed by atoms with Crippen LogP contribution >= 0.6 is 0 Å².